The van der Waals surface area contributed by atoms with Crippen LogP contribution in [0.4, 0.5) is 0 Å². The van der Waals surface area contributed by atoms with Crippen LogP contribution in [0.2, 0.25) is 5.02 Å². The Balaban J connectivity index is 1.84. The number of ether oxygens (including phenoxy) is 1. The lowest BCUT2D eigenvalue weighted by atomic mass is 9.74. The van der Waals surface area contributed by atoms with E-state index in [1.165, 1.54) is 18.4 Å². The van der Waals surface area contributed by atoms with Gasteiger partial charge in [0.15, 0.2) is 0 Å². The Hall–Kier alpha value is -0.0900. The van der Waals surface area contributed by atoms with Crippen LogP contribution in [0.5, 0.6) is 0 Å². The average Bonchev–Trinajstić information content (AvgIpc) is 3.22. The third-order valence-corrected chi connectivity index (χ3v) is 5.68. The van der Waals surface area contributed by atoms with Crippen LogP contribution in [0, 0.1) is 11.3 Å². The van der Waals surface area contributed by atoms with Crippen LogP contribution in [-0.4, -0.2) is 25.8 Å². The Morgan fingerprint density at radius 2 is 2.24 bits per heavy atom. The van der Waals surface area contributed by atoms with Crippen molar-refractivity contribution in [3.05, 3.63) is 33.3 Å². The predicted octanol–water partition coefficient (Wildman–Crippen LogP) is 4.44. The fraction of sp³-hybridized carbons (Fsp3) is 0.647. The number of hydrogen-bond donors (Lipinski definition) is 1. The van der Waals surface area contributed by atoms with Gasteiger partial charge >= 0.3 is 0 Å². The third kappa shape index (κ3) is 3.47. The van der Waals surface area contributed by atoms with Crippen molar-refractivity contribution in [3.8, 4) is 0 Å². The summed E-state index contributed by atoms with van der Waals surface area (Å²) < 4.78 is 7.17. The highest BCUT2D eigenvalue weighted by Crippen LogP contribution is 2.49. The first kappa shape index (κ1) is 15.8. The summed E-state index contributed by atoms with van der Waals surface area (Å²) in [7, 11) is 0. The zero-order valence-electron chi connectivity index (χ0n) is 12.5. The molecule has 1 saturated heterocycles. The summed E-state index contributed by atoms with van der Waals surface area (Å²) in [5.74, 6) is 0.764. The highest BCUT2D eigenvalue weighted by atomic mass is 79.9. The quantitative estimate of drug-likeness (QED) is 0.797. The molecule has 3 rings (SSSR count). The first-order valence-electron chi connectivity index (χ1n) is 7.91. The van der Waals surface area contributed by atoms with E-state index in [9.17, 15) is 0 Å². The van der Waals surface area contributed by atoms with Crippen LogP contribution in [0.25, 0.3) is 0 Å². The van der Waals surface area contributed by atoms with Gasteiger partial charge in [0.05, 0.1) is 6.10 Å². The molecule has 2 aliphatic rings. The molecule has 0 radical (unpaired) electrons. The Morgan fingerprint density at radius 1 is 1.43 bits per heavy atom. The molecule has 2 unspecified atom stereocenters. The molecule has 1 aromatic carbocycles. The molecule has 0 amide bonds. The van der Waals surface area contributed by atoms with Gasteiger partial charge < -0.3 is 10.1 Å². The van der Waals surface area contributed by atoms with E-state index in [0.29, 0.717) is 6.10 Å². The van der Waals surface area contributed by atoms with Gasteiger partial charge in [-0.2, -0.15) is 0 Å². The molecule has 0 bridgehead atoms. The molecule has 2 fully saturated rings. The second-order valence-corrected chi connectivity index (χ2v) is 7.76. The molecule has 21 heavy (non-hydrogen) atoms. The van der Waals surface area contributed by atoms with Crippen LogP contribution in [-0.2, 0) is 11.2 Å². The van der Waals surface area contributed by atoms with Crippen molar-refractivity contribution in [2.45, 2.75) is 38.7 Å². The van der Waals surface area contributed by atoms with E-state index >= 15 is 0 Å². The topological polar surface area (TPSA) is 21.3 Å². The van der Waals surface area contributed by atoms with Crippen molar-refractivity contribution in [2.75, 3.05) is 19.7 Å². The minimum absolute atomic E-state index is 0.203. The van der Waals surface area contributed by atoms with Crippen molar-refractivity contribution in [1.29, 1.82) is 0 Å². The number of rotatable bonds is 6. The Kier molecular flexibility index (Phi) is 4.94. The zero-order valence-corrected chi connectivity index (χ0v) is 14.8. The number of hydrogen-bond acceptors (Lipinski definition) is 2. The molecule has 1 aromatic rings. The van der Waals surface area contributed by atoms with Gasteiger partial charge in [-0.1, -0.05) is 40.5 Å². The molecule has 116 valence electrons. The Morgan fingerprint density at radius 3 is 2.90 bits per heavy atom. The van der Waals surface area contributed by atoms with Crippen molar-refractivity contribution < 1.29 is 4.74 Å². The van der Waals surface area contributed by atoms with Crippen molar-refractivity contribution in [3.63, 3.8) is 0 Å². The standard InChI is InChI=1S/C17H23BrClNO/c1-2-20-11-17(7-8-21-16(17)12-3-4-12)10-13-5-6-14(18)9-15(13)19/h5-6,9,12,16,20H,2-4,7-8,10-11H2,1H3. The molecule has 2 atom stereocenters. The van der Waals surface area contributed by atoms with Crippen molar-refractivity contribution in [2.24, 2.45) is 11.3 Å². The number of nitrogens with one attached hydrogen (secondary N) is 1. The molecular weight excluding hydrogens is 350 g/mol. The van der Waals surface area contributed by atoms with Crippen LogP contribution < -0.4 is 5.32 Å². The number of benzene rings is 1. The fourth-order valence-corrected chi connectivity index (χ4v) is 4.34. The van der Waals surface area contributed by atoms with E-state index in [0.717, 1.165) is 48.0 Å². The second kappa shape index (κ2) is 6.57. The molecule has 1 N–H and O–H groups in total. The Labute approximate surface area is 140 Å². The number of halogens is 2. The molecule has 4 heteroatoms. The van der Waals surface area contributed by atoms with Crippen molar-refractivity contribution in [1.82, 2.24) is 5.32 Å². The summed E-state index contributed by atoms with van der Waals surface area (Å²) in [5, 5.41) is 4.43. The molecular formula is C17H23BrClNO. The predicted molar refractivity (Wildman–Crippen MR) is 90.9 cm³/mol. The Bertz CT molecular complexity index is 506. The van der Waals surface area contributed by atoms with Gasteiger partial charge in [-0.25, -0.2) is 0 Å². The fourth-order valence-electron chi connectivity index (χ4n) is 3.60. The van der Waals surface area contributed by atoms with Crippen LogP contribution >= 0.6 is 27.5 Å². The smallest absolute Gasteiger partial charge is 0.0675 e. The second-order valence-electron chi connectivity index (χ2n) is 6.43. The van der Waals surface area contributed by atoms with Crippen LogP contribution in [0.3, 0.4) is 0 Å². The average molecular weight is 373 g/mol. The van der Waals surface area contributed by atoms with Crippen molar-refractivity contribution >= 4 is 27.5 Å². The summed E-state index contributed by atoms with van der Waals surface area (Å²) in [6.45, 7) is 5.09. The first-order valence-corrected chi connectivity index (χ1v) is 9.08. The van der Waals surface area contributed by atoms with Crippen LogP contribution in [0.15, 0.2) is 22.7 Å². The van der Waals surface area contributed by atoms with E-state index < -0.39 is 0 Å². The zero-order chi connectivity index (χ0) is 14.9. The summed E-state index contributed by atoms with van der Waals surface area (Å²) in [4.78, 5) is 0. The van der Waals surface area contributed by atoms with Gasteiger partial charge in [0, 0.05) is 28.1 Å². The van der Waals surface area contributed by atoms with Gasteiger partial charge in [-0.05, 0) is 55.8 Å². The first-order chi connectivity index (χ1) is 10.1. The van der Waals surface area contributed by atoms with Gasteiger partial charge in [0.1, 0.15) is 0 Å². The lowest BCUT2D eigenvalue weighted by Crippen LogP contribution is -2.43. The minimum atomic E-state index is 0.203. The third-order valence-electron chi connectivity index (χ3n) is 4.84. The minimum Gasteiger partial charge on any atom is -0.377 e. The SMILES string of the molecule is CCNCC1(Cc2ccc(Br)cc2Cl)CCOC1C1CC1. The maximum atomic E-state index is 6.46. The van der Waals surface area contributed by atoms with Gasteiger partial charge in [-0.3, -0.25) is 0 Å². The highest BCUT2D eigenvalue weighted by molar-refractivity contribution is 9.10. The van der Waals surface area contributed by atoms with E-state index in [1.54, 1.807) is 0 Å². The van der Waals surface area contributed by atoms with E-state index in [-0.39, 0.29) is 5.41 Å². The van der Waals surface area contributed by atoms with E-state index in [2.05, 4.69) is 40.3 Å². The maximum Gasteiger partial charge on any atom is 0.0675 e. The summed E-state index contributed by atoms with van der Waals surface area (Å²) in [6, 6.07) is 6.24. The molecule has 1 saturated carbocycles. The maximum absolute atomic E-state index is 6.46. The summed E-state index contributed by atoms with van der Waals surface area (Å²) in [6.07, 6.45) is 5.19. The molecule has 2 nitrogen and oxygen atoms in total. The molecule has 0 aromatic heterocycles. The van der Waals surface area contributed by atoms with Gasteiger partial charge in [0.2, 0.25) is 0 Å². The van der Waals surface area contributed by atoms with Crippen LogP contribution in [0.1, 0.15) is 31.7 Å². The highest BCUT2D eigenvalue weighted by Gasteiger charge is 2.50. The van der Waals surface area contributed by atoms with Gasteiger partial charge in [0.25, 0.3) is 0 Å². The molecule has 0 spiro atoms. The summed E-state index contributed by atoms with van der Waals surface area (Å²) in [5.41, 5.74) is 1.45. The molecule has 1 heterocycles. The largest absolute Gasteiger partial charge is 0.377 e. The monoisotopic (exact) mass is 371 g/mol. The van der Waals surface area contributed by atoms with E-state index in [1.807, 2.05) is 6.07 Å². The lowest BCUT2D eigenvalue weighted by molar-refractivity contribution is 0.0309. The van der Waals surface area contributed by atoms with E-state index in [4.69, 9.17) is 16.3 Å². The normalized spacial score (nSPS) is 29.0. The molecule has 1 aliphatic carbocycles. The lowest BCUT2D eigenvalue weighted by Gasteiger charge is -2.35. The molecule has 1 aliphatic heterocycles. The summed E-state index contributed by atoms with van der Waals surface area (Å²) >= 11 is 9.94. The van der Waals surface area contributed by atoms with Gasteiger partial charge in [-0.15, -0.1) is 0 Å².